The zero-order valence-corrected chi connectivity index (χ0v) is 20.2. The third-order valence-corrected chi connectivity index (χ3v) is 7.81. The number of amides is 1. The van der Waals surface area contributed by atoms with E-state index >= 15 is 0 Å². The molecule has 0 unspecified atom stereocenters. The molecule has 4 atom stereocenters. The molecular weight excluding hydrogens is 452 g/mol. The van der Waals surface area contributed by atoms with Crippen LogP contribution in [0.15, 0.2) is 58.5 Å². The first-order valence-corrected chi connectivity index (χ1v) is 12.4. The van der Waals surface area contributed by atoms with E-state index in [4.69, 9.17) is 4.98 Å². The van der Waals surface area contributed by atoms with Crippen molar-refractivity contribution in [1.29, 1.82) is 0 Å². The lowest BCUT2D eigenvalue weighted by Gasteiger charge is -2.36. The van der Waals surface area contributed by atoms with Crippen molar-refractivity contribution in [2.75, 3.05) is 5.32 Å². The van der Waals surface area contributed by atoms with Crippen LogP contribution in [-0.2, 0) is 4.79 Å². The molecule has 2 aromatic carbocycles. The van der Waals surface area contributed by atoms with E-state index in [9.17, 15) is 19.7 Å². The number of anilines is 1. The van der Waals surface area contributed by atoms with Crippen LogP contribution in [0.25, 0.3) is 10.9 Å². The highest BCUT2D eigenvalue weighted by atomic mass is 32.2. The molecule has 1 amide bonds. The number of rotatable bonds is 6. The second kappa shape index (κ2) is 9.97. The summed E-state index contributed by atoms with van der Waals surface area (Å²) in [5.41, 5.74) is 0.785. The lowest BCUT2D eigenvalue weighted by molar-refractivity contribution is -0.384. The van der Waals surface area contributed by atoms with Crippen molar-refractivity contribution in [2.24, 2.45) is 11.8 Å². The Morgan fingerprint density at radius 1 is 1.21 bits per heavy atom. The van der Waals surface area contributed by atoms with Gasteiger partial charge in [-0.1, -0.05) is 56.7 Å². The van der Waals surface area contributed by atoms with E-state index in [1.807, 2.05) is 18.2 Å². The molecule has 0 radical (unpaired) electrons. The molecule has 1 N–H and O–H groups in total. The Hall–Kier alpha value is -3.20. The van der Waals surface area contributed by atoms with Gasteiger partial charge in [0.2, 0.25) is 5.91 Å². The Bertz CT molecular complexity index is 1290. The zero-order chi connectivity index (χ0) is 24.4. The quantitative estimate of drug-likeness (QED) is 0.218. The van der Waals surface area contributed by atoms with Crippen LogP contribution in [0.3, 0.4) is 0 Å². The molecule has 0 spiro atoms. The van der Waals surface area contributed by atoms with E-state index in [-0.39, 0.29) is 23.2 Å². The summed E-state index contributed by atoms with van der Waals surface area (Å²) in [6.07, 6.45) is 3.08. The number of benzene rings is 2. The number of hydrogen-bond acceptors (Lipinski definition) is 6. The molecular formula is C25H28N4O4S. The van der Waals surface area contributed by atoms with E-state index in [1.54, 1.807) is 23.6 Å². The van der Waals surface area contributed by atoms with Crippen LogP contribution in [0, 0.1) is 22.0 Å². The first-order chi connectivity index (χ1) is 16.3. The largest absolute Gasteiger partial charge is 0.325 e. The molecule has 4 rings (SSSR count). The van der Waals surface area contributed by atoms with E-state index in [0.29, 0.717) is 33.6 Å². The van der Waals surface area contributed by atoms with Gasteiger partial charge in [-0.05, 0) is 43.4 Å². The van der Waals surface area contributed by atoms with Crippen LogP contribution in [0.1, 0.15) is 46.1 Å². The first kappa shape index (κ1) is 23.9. The maximum Gasteiger partial charge on any atom is 0.271 e. The number of aromatic nitrogens is 2. The molecule has 1 fully saturated rings. The molecule has 1 aromatic heterocycles. The average Bonchev–Trinajstić information content (AvgIpc) is 2.82. The number of nitro benzene ring substituents is 1. The number of fused-ring (bicyclic) bond motifs is 1. The fourth-order valence-electron chi connectivity index (χ4n) is 4.57. The van der Waals surface area contributed by atoms with Crippen molar-refractivity contribution in [1.82, 2.24) is 9.55 Å². The topological polar surface area (TPSA) is 107 Å². The van der Waals surface area contributed by atoms with Crippen LogP contribution in [0.4, 0.5) is 11.4 Å². The third kappa shape index (κ3) is 4.84. The smallest absolute Gasteiger partial charge is 0.271 e. The van der Waals surface area contributed by atoms with Gasteiger partial charge in [0.15, 0.2) is 5.16 Å². The molecule has 9 heteroatoms. The summed E-state index contributed by atoms with van der Waals surface area (Å²) in [5.74, 6) is 0.483. The number of carbonyl (C=O) groups is 1. The molecule has 0 aliphatic heterocycles. The predicted octanol–water partition coefficient (Wildman–Crippen LogP) is 5.42. The first-order valence-electron chi connectivity index (χ1n) is 11.5. The summed E-state index contributed by atoms with van der Waals surface area (Å²) in [6.45, 7) is 6.15. The average molecular weight is 481 g/mol. The SMILES string of the molecule is C[C@H]1[C@H](C)CCC[C@H]1n1c(S[C@H](C)C(=O)Nc2cccc([N+](=O)[O-])c2)nc2ccccc2c1=O. The van der Waals surface area contributed by atoms with Crippen molar-refractivity contribution in [3.8, 4) is 0 Å². The zero-order valence-electron chi connectivity index (χ0n) is 19.4. The summed E-state index contributed by atoms with van der Waals surface area (Å²) in [7, 11) is 0. The molecule has 8 nitrogen and oxygen atoms in total. The maximum absolute atomic E-state index is 13.6. The van der Waals surface area contributed by atoms with Crippen molar-refractivity contribution >= 4 is 39.9 Å². The molecule has 1 aliphatic carbocycles. The van der Waals surface area contributed by atoms with E-state index in [1.165, 1.54) is 30.0 Å². The summed E-state index contributed by atoms with van der Waals surface area (Å²) in [6, 6.07) is 13.1. The van der Waals surface area contributed by atoms with E-state index in [0.717, 1.165) is 19.3 Å². The normalized spacial score (nSPS) is 21.2. The van der Waals surface area contributed by atoms with Crippen molar-refractivity contribution < 1.29 is 9.72 Å². The lowest BCUT2D eigenvalue weighted by atomic mass is 9.78. The maximum atomic E-state index is 13.6. The summed E-state index contributed by atoms with van der Waals surface area (Å²) < 4.78 is 1.80. The van der Waals surface area contributed by atoms with Crippen LogP contribution in [0.2, 0.25) is 0 Å². The van der Waals surface area contributed by atoms with Gasteiger partial charge in [0.1, 0.15) is 0 Å². The summed E-state index contributed by atoms with van der Waals surface area (Å²) in [4.78, 5) is 41.9. The number of nitro groups is 1. The monoisotopic (exact) mass is 480 g/mol. The number of hydrogen-bond donors (Lipinski definition) is 1. The van der Waals surface area contributed by atoms with Crippen molar-refractivity contribution in [3.63, 3.8) is 0 Å². The van der Waals surface area contributed by atoms with Crippen LogP contribution < -0.4 is 10.9 Å². The molecule has 1 aliphatic rings. The van der Waals surface area contributed by atoms with Gasteiger partial charge < -0.3 is 5.32 Å². The fourth-order valence-corrected chi connectivity index (χ4v) is 5.54. The molecule has 1 heterocycles. The van der Waals surface area contributed by atoms with Crippen LogP contribution in [-0.4, -0.2) is 25.6 Å². The van der Waals surface area contributed by atoms with Gasteiger partial charge in [-0.2, -0.15) is 0 Å². The molecule has 0 saturated heterocycles. The molecule has 178 valence electrons. The van der Waals surface area contributed by atoms with Gasteiger partial charge in [0.05, 0.1) is 21.1 Å². The molecule has 34 heavy (non-hydrogen) atoms. The van der Waals surface area contributed by atoms with Gasteiger partial charge >= 0.3 is 0 Å². The van der Waals surface area contributed by atoms with Gasteiger partial charge in [-0.25, -0.2) is 4.98 Å². The van der Waals surface area contributed by atoms with E-state index in [2.05, 4.69) is 19.2 Å². The fraction of sp³-hybridized carbons (Fsp3) is 0.400. The van der Waals surface area contributed by atoms with Crippen molar-refractivity contribution in [3.05, 3.63) is 69.0 Å². The number of para-hydroxylation sites is 1. The minimum Gasteiger partial charge on any atom is -0.325 e. The minimum absolute atomic E-state index is 0.0166. The van der Waals surface area contributed by atoms with Gasteiger partial charge in [-0.3, -0.25) is 24.3 Å². The number of nitrogens with one attached hydrogen (secondary N) is 1. The predicted molar refractivity (Wildman–Crippen MR) is 134 cm³/mol. The van der Waals surface area contributed by atoms with Gasteiger partial charge in [0, 0.05) is 23.9 Å². The summed E-state index contributed by atoms with van der Waals surface area (Å²) in [5, 5.41) is 14.3. The Balaban J connectivity index is 1.66. The second-order valence-electron chi connectivity index (χ2n) is 8.98. The Morgan fingerprint density at radius 3 is 2.74 bits per heavy atom. The highest BCUT2D eigenvalue weighted by Gasteiger charge is 2.32. The Labute approximate surface area is 201 Å². The molecule has 0 bridgehead atoms. The summed E-state index contributed by atoms with van der Waals surface area (Å²) >= 11 is 1.24. The second-order valence-corrected chi connectivity index (χ2v) is 10.3. The number of non-ortho nitro benzene ring substituents is 1. The Kier molecular flexibility index (Phi) is 7.02. The van der Waals surface area contributed by atoms with Gasteiger partial charge in [-0.15, -0.1) is 0 Å². The van der Waals surface area contributed by atoms with Gasteiger partial charge in [0.25, 0.3) is 11.2 Å². The highest BCUT2D eigenvalue weighted by molar-refractivity contribution is 8.00. The highest BCUT2D eigenvalue weighted by Crippen LogP contribution is 2.39. The molecule has 3 aromatic rings. The Morgan fingerprint density at radius 2 is 1.97 bits per heavy atom. The lowest BCUT2D eigenvalue weighted by Crippen LogP contribution is -2.36. The van der Waals surface area contributed by atoms with Crippen LogP contribution in [0.5, 0.6) is 0 Å². The number of carbonyl (C=O) groups excluding carboxylic acids is 1. The van der Waals surface area contributed by atoms with Crippen LogP contribution >= 0.6 is 11.8 Å². The third-order valence-electron chi connectivity index (χ3n) is 6.75. The number of thioether (sulfide) groups is 1. The van der Waals surface area contributed by atoms with E-state index < -0.39 is 10.2 Å². The van der Waals surface area contributed by atoms with Crippen molar-refractivity contribution in [2.45, 2.75) is 56.5 Å². The standard InChI is InChI=1S/C25H28N4O4S/c1-15-8-6-13-22(16(15)2)28-24(31)20-11-4-5-12-21(20)27-25(28)34-17(3)23(30)26-18-9-7-10-19(14-18)29(32)33/h4-5,7,9-12,14-17,22H,6,8,13H2,1-3H3,(H,26,30)/t15-,16+,17-,22-/m1/s1. The molecule has 1 saturated carbocycles. The minimum atomic E-state index is -0.574. The number of nitrogens with zero attached hydrogens (tertiary/aromatic N) is 3.